The van der Waals surface area contributed by atoms with Crippen molar-refractivity contribution < 1.29 is 33.1 Å². The molecule has 2 aromatic rings. The molecule has 0 saturated heterocycles. The lowest BCUT2D eigenvalue weighted by Crippen LogP contribution is -2.52. The van der Waals surface area contributed by atoms with Gasteiger partial charge in [-0.25, -0.2) is 9.59 Å². The van der Waals surface area contributed by atoms with Crippen LogP contribution in [0.1, 0.15) is 77.5 Å². The lowest BCUT2D eigenvalue weighted by molar-refractivity contribution is -0.128. The molecule has 0 bridgehead atoms. The quantitative estimate of drug-likeness (QED) is 0.183. The van der Waals surface area contributed by atoms with Crippen LogP contribution in [-0.4, -0.2) is 53.9 Å². The molecule has 3 amide bonds. The van der Waals surface area contributed by atoms with Crippen molar-refractivity contribution in [3.63, 3.8) is 0 Å². The number of ketones is 1. The van der Waals surface area contributed by atoms with Crippen LogP contribution in [0.25, 0.3) is 0 Å². The topological polar surface area (TPSA) is 136 Å². The molecule has 0 radical (unpaired) electrons. The normalized spacial score (nSPS) is 12.6. The molecule has 3 N–H and O–H groups in total. The maximum atomic E-state index is 13.4. The highest BCUT2D eigenvalue weighted by Crippen LogP contribution is 2.15. The van der Waals surface area contributed by atoms with Crippen LogP contribution in [0.3, 0.4) is 0 Å². The SMILES string of the molecule is CCCC[C@H](NC(=O)[C@H](CCCCNC(=O)OC(C)(C)C)NC(=O)OCc1ccccc1)C(=O)CSCc1ccco1. The Morgan fingerprint density at radius 3 is 2.31 bits per heavy atom. The molecule has 0 unspecified atom stereocenters. The zero-order chi connectivity index (χ0) is 30.8. The second-order valence-corrected chi connectivity index (χ2v) is 11.9. The van der Waals surface area contributed by atoms with Crippen molar-refractivity contribution in [3.05, 3.63) is 60.1 Å². The van der Waals surface area contributed by atoms with E-state index in [1.54, 1.807) is 33.1 Å². The summed E-state index contributed by atoms with van der Waals surface area (Å²) in [5, 5.41) is 8.23. The van der Waals surface area contributed by atoms with Gasteiger partial charge in [-0.3, -0.25) is 9.59 Å². The standard InChI is InChI=1S/C31H45N3O7S/c1-5-6-16-25(27(35)22-42-21-24-15-12-19-39-24)33-28(36)26(17-10-11-18-32-29(37)41-31(2,3)4)34-30(38)40-20-23-13-8-7-9-14-23/h7-9,12-15,19,25-26H,5-6,10-11,16-18,20-22H2,1-4H3,(H,32,37)(H,33,36)(H,34,38)/t25-,26-/m0/s1. The van der Waals surface area contributed by atoms with Gasteiger partial charge in [0.2, 0.25) is 5.91 Å². The fourth-order valence-electron chi connectivity index (χ4n) is 3.90. The van der Waals surface area contributed by atoms with Crippen LogP contribution in [0.4, 0.5) is 9.59 Å². The van der Waals surface area contributed by atoms with E-state index >= 15 is 0 Å². The first-order valence-electron chi connectivity index (χ1n) is 14.4. The van der Waals surface area contributed by atoms with E-state index in [9.17, 15) is 19.2 Å². The lowest BCUT2D eigenvalue weighted by atomic mass is 10.0. The Hall–Kier alpha value is -3.47. The fraction of sp³-hybridized carbons (Fsp3) is 0.548. The molecule has 0 aliphatic rings. The Morgan fingerprint density at radius 2 is 1.64 bits per heavy atom. The lowest BCUT2D eigenvalue weighted by Gasteiger charge is -2.23. The number of Topliss-reactive ketones (excluding diaryl/α,β-unsaturated/α-hetero) is 1. The Balaban J connectivity index is 1.96. The molecule has 42 heavy (non-hydrogen) atoms. The monoisotopic (exact) mass is 603 g/mol. The summed E-state index contributed by atoms with van der Waals surface area (Å²) in [6.45, 7) is 7.79. The van der Waals surface area contributed by atoms with Crippen LogP contribution in [0, 0.1) is 0 Å². The summed E-state index contributed by atoms with van der Waals surface area (Å²) in [7, 11) is 0. The number of amides is 3. The molecule has 0 aliphatic carbocycles. The second-order valence-electron chi connectivity index (χ2n) is 10.9. The van der Waals surface area contributed by atoms with Crippen molar-refractivity contribution in [3.8, 4) is 0 Å². The number of carbonyl (C=O) groups excluding carboxylic acids is 4. The minimum atomic E-state index is -0.914. The highest BCUT2D eigenvalue weighted by Gasteiger charge is 2.27. The molecular weight excluding hydrogens is 558 g/mol. The molecule has 1 aromatic heterocycles. The van der Waals surface area contributed by atoms with Crippen molar-refractivity contribution in [2.24, 2.45) is 0 Å². The summed E-state index contributed by atoms with van der Waals surface area (Å²) in [5.41, 5.74) is 0.222. The summed E-state index contributed by atoms with van der Waals surface area (Å²) >= 11 is 1.43. The van der Waals surface area contributed by atoms with Crippen LogP contribution < -0.4 is 16.0 Å². The number of hydrogen-bond donors (Lipinski definition) is 3. The van der Waals surface area contributed by atoms with Crippen molar-refractivity contribution in [2.45, 2.75) is 96.3 Å². The van der Waals surface area contributed by atoms with Gasteiger partial charge >= 0.3 is 12.2 Å². The maximum Gasteiger partial charge on any atom is 0.408 e. The number of benzene rings is 1. The van der Waals surface area contributed by atoms with Gasteiger partial charge in [0.15, 0.2) is 5.78 Å². The molecule has 0 saturated carbocycles. The van der Waals surface area contributed by atoms with Crippen LogP contribution in [-0.2, 0) is 31.4 Å². The number of ether oxygens (including phenoxy) is 2. The maximum absolute atomic E-state index is 13.4. The van der Waals surface area contributed by atoms with E-state index in [1.165, 1.54) is 11.8 Å². The Bertz CT molecular complexity index is 1090. The first-order chi connectivity index (χ1) is 20.1. The van der Waals surface area contributed by atoms with E-state index < -0.39 is 35.8 Å². The van der Waals surface area contributed by atoms with Gasteiger partial charge in [-0.15, -0.1) is 11.8 Å². The molecule has 0 spiro atoms. The first kappa shape index (κ1) is 34.7. The number of rotatable bonds is 18. The van der Waals surface area contributed by atoms with Gasteiger partial charge < -0.3 is 29.8 Å². The van der Waals surface area contributed by atoms with Crippen LogP contribution in [0.5, 0.6) is 0 Å². The third-order valence-electron chi connectivity index (χ3n) is 6.03. The second kappa shape index (κ2) is 18.9. The number of carbonyl (C=O) groups is 4. The third kappa shape index (κ3) is 15.0. The van der Waals surface area contributed by atoms with Gasteiger partial charge in [-0.05, 0) is 64.2 Å². The average Bonchev–Trinajstić information content (AvgIpc) is 3.46. The molecule has 1 aromatic carbocycles. The molecule has 2 rings (SSSR count). The molecule has 232 valence electrons. The predicted octanol–water partition coefficient (Wildman–Crippen LogP) is 5.75. The van der Waals surface area contributed by atoms with Crippen molar-refractivity contribution in [1.82, 2.24) is 16.0 Å². The van der Waals surface area contributed by atoms with Crippen LogP contribution >= 0.6 is 11.8 Å². The number of alkyl carbamates (subject to hydrolysis) is 2. The Morgan fingerprint density at radius 1 is 0.905 bits per heavy atom. The summed E-state index contributed by atoms with van der Waals surface area (Å²) in [6.07, 6.45) is 3.89. The van der Waals surface area contributed by atoms with E-state index in [0.29, 0.717) is 38.0 Å². The van der Waals surface area contributed by atoms with Gasteiger partial charge in [-0.1, -0.05) is 50.1 Å². The number of unbranched alkanes of at least 4 members (excludes halogenated alkanes) is 2. The van der Waals surface area contributed by atoms with E-state index in [1.807, 2.05) is 43.3 Å². The van der Waals surface area contributed by atoms with Gasteiger partial charge in [-0.2, -0.15) is 0 Å². The van der Waals surface area contributed by atoms with E-state index in [2.05, 4.69) is 16.0 Å². The van der Waals surface area contributed by atoms with Gasteiger partial charge in [0.25, 0.3) is 0 Å². The zero-order valence-corrected chi connectivity index (χ0v) is 25.9. The third-order valence-corrected chi connectivity index (χ3v) is 7.01. The summed E-state index contributed by atoms with van der Waals surface area (Å²) in [6, 6.07) is 11.3. The fourth-order valence-corrected chi connectivity index (χ4v) is 4.77. The highest BCUT2D eigenvalue weighted by molar-refractivity contribution is 7.99. The average molecular weight is 604 g/mol. The van der Waals surface area contributed by atoms with Gasteiger partial charge in [0, 0.05) is 6.54 Å². The molecular formula is C31H45N3O7S. The summed E-state index contributed by atoms with van der Waals surface area (Å²) in [5.74, 6) is 1.03. The number of nitrogens with one attached hydrogen (secondary N) is 3. The highest BCUT2D eigenvalue weighted by atomic mass is 32.2. The van der Waals surface area contributed by atoms with E-state index in [0.717, 1.165) is 24.2 Å². The van der Waals surface area contributed by atoms with Gasteiger partial charge in [0.1, 0.15) is 24.0 Å². The minimum Gasteiger partial charge on any atom is -0.468 e. The Labute approximate surface area is 253 Å². The summed E-state index contributed by atoms with van der Waals surface area (Å²) in [4.78, 5) is 50.9. The largest absolute Gasteiger partial charge is 0.468 e. The Kier molecular flexibility index (Phi) is 15.6. The van der Waals surface area contributed by atoms with Gasteiger partial charge in [0.05, 0.1) is 23.8 Å². The molecule has 0 aliphatic heterocycles. The van der Waals surface area contributed by atoms with E-state index in [4.69, 9.17) is 13.9 Å². The van der Waals surface area contributed by atoms with Crippen molar-refractivity contribution >= 4 is 35.6 Å². The predicted molar refractivity (Wildman–Crippen MR) is 163 cm³/mol. The first-order valence-corrected chi connectivity index (χ1v) is 15.6. The molecule has 10 nitrogen and oxygen atoms in total. The molecule has 1 heterocycles. The number of hydrogen-bond acceptors (Lipinski definition) is 8. The number of thioether (sulfide) groups is 1. The van der Waals surface area contributed by atoms with Crippen molar-refractivity contribution in [1.29, 1.82) is 0 Å². The van der Waals surface area contributed by atoms with Crippen LogP contribution in [0.2, 0.25) is 0 Å². The summed E-state index contributed by atoms with van der Waals surface area (Å²) < 4.78 is 15.9. The minimum absolute atomic E-state index is 0.0608. The zero-order valence-electron chi connectivity index (χ0n) is 25.1. The van der Waals surface area contributed by atoms with Crippen molar-refractivity contribution in [2.75, 3.05) is 12.3 Å². The molecule has 11 heteroatoms. The van der Waals surface area contributed by atoms with E-state index in [-0.39, 0.29) is 18.1 Å². The smallest absolute Gasteiger partial charge is 0.408 e. The number of furan rings is 1. The molecule has 2 atom stereocenters. The molecule has 0 fully saturated rings. The van der Waals surface area contributed by atoms with Crippen LogP contribution in [0.15, 0.2) is 53.1 Å².